The van der Waals surface area contributed by atoms with Crippen LogP contribution in [0.2, 0.25) is 0 Å². The molecular weight excluding hydrogens is 392 g/mol. The number of aryl methyl sites for hydroxylation is 1. The van der Waals surface area contributed by atoms with Crippen molar-refractivity contribution in [1.82, 2.24) is 0 Å². The van der Waals surface area contributed by atoms with Crippen LogP contribution in [0.3, 0.4) is 0 Å². The summed E-state index contributed by atoms with van der Waals surface area (Å²) >= 11 is 0. The van der Waals surface area contributed by atoms with Crippen LogP contribution >= 0.6 is 0 Å². The third kappa shape index (κ3) is 3.82. The van der Waals surface area contributed by atoms with E-state index >= 15 is 0 Å². The van der Waals surface area contributed by atoms with Gasteiger partial charge in [-0.2, -0.15) is 0 Å². The molecule has 156 valence electrons. The van der Waals surface area contributed by atoms with Crippen molar-refractivity contribution in [3.05, 3.63) is 94.7 Å². The van der Waals surface area contributed by atoms with E-state index in [0.29, 0.717) is 56.9 Å². The molecule has 0 amide bonds. The molecule has 0 atom stereocenters. The van der Waals surface area contributed by atoms with Crippen LogP contribution in [0.4, 0.5) is 0 Å². The summed E-state index contributed by atoms with van der Waals surface area (Å²) in [6.07, 6.45) is 0.563. The van der Waals surface area contributed by atoms with Gasteiger partial charge in [0.1, 0.15) is 22.8 Å². The zero-order valence-electron chi connectivity index (χ0n) is 17.6. The fourth-order valence-electron chi connectivity index (χ4n) is 3.58. The predicted octanol–water partition coefficient (Wildman–Crippen LogP) is 5.47. The van der Waals surface area contributed by atoms with Gasteiger partial charge >= 0.3 is 0 Å². The van der Waals surface area contributed by atoms with Crippen molar-refractivity contribution in [3.63, 3.8) is 0 Å². The second-order valence-electron chi connectivity index (χ2n) is 7.08. The SMILES string of the molecule is CCc1oc2cc(C(=O)c3ccc(OC)cc3)ccc2c1C(=O)c1ccc(OC)cc1. The topological polar surface area (TPSA) is 65.7 Å². The molecule has 0 unspecified atom stereocenters. The highest BCUT2D eigenvalue weighted by Crippen LogP contribution is 2.30. The summed E-state index contributed by atoms with van der Waals surface area (Å²) in [5, 5.41) is 0.698. The standard InChI is InChI=1S/C26H22O5/c1-4-22-24(26(28)17-7-12-20(30-3)13-8-17)21-14-9-18(15-23(21)31-22)25(27)16-5-10-19(29-2)11-6-16/h5-15H,4H2,1-3H3. The normalized spacial score (nSPS) is 10.8. The molecule has 0 fully saturated rings. The first kappa shape index (κ1) is 20.4. The summed E-state index contributed by atoms with van der Waals surface area (Å²) in [5.74, 6) is 1.73. The lowest BCUT2D eigenvalue weighted by atomic mass is 9.97. The van der Waals surface area contributed by atoms with Crippen molar-refractivity contribution in [1.29, 1.82) is 0 Å². The molecule has 0 aliphatic heterocycles. The molecule has 3 aromatic carbocycles. The van der Waals surface area contributed by atoms with Gasteiger partial charge in [0, 0.05) is 28.5 Å². The van der Waals surface area contributed by atoms with Crippen molar-refractivity contribution in [2.24, 2.45) is 0 Å². The maximum Gasteiger partial charge on any atom is 0.197 e. The zero-order valence-corrected chi connectivity index (χ0v) is 17.6. The Morgan fingerprint density at radius 3 is 1.77 bits per heavy atom. The van der Waals surface area contributed by atoms with Crippen molar-refractivity contribution >= 4 is 22.5 Å². The zero-order chi connectivity index (χ0) is 22.0. The molecule has 4 aromatic rings. The molecule has 0 bridgehead atoms. The van der Waals surface area contributed by atoms with Crippen LogP contribution in [-0.2, 0) is 6.42 Å². The quantitative estimate of drug-likeness (QED) is 0.375. The highest BCUT2D eigenvalue weighted by atomic mass is 16.5. The van der Waals surface area contributed by atoms with E-state index in [4.69, 9.17) is 13.9 Å². The maximum atomic E-state index is 13.2. The number of benzene rings is 3. The van der Waals surface area contributed by atoms with Crippen LogP contribution in [0, 0.1) is 0 Å². The van der Waals surface area contributed by atoms with E-state index in [-0.39, 0.29) is 11.6 Å². The molecule has 4 rings (SSSR count). The van der Waals surface area contributed by atoms with E-state index in [2.05, 4.69) is 0 Å². The van der Waals surface area contributed by atoms with Gasteiger partial charge in [0.25, 0.3) is 0 Å². The number of fused-ring (bicyclic) bond motifs is 1. The molecule has 5 heteroatoms. The van der Waals surface area contributed by atoms with E-state index in [1.165, 1.54) is 0 Å². The molecule has 31 heavy (non-hydrogen) atoms. The molecule has 0 aliphatic carbocycles. The van der Waals surface area contributed by atoms with Crippen LogP contribution in [0.15, 0.2) is 71.1 Å². The Labute approximate surface area is 180 Å². The van der Waals surface area contributed by atoms with E-state index in [1.807, 2.05) is 6.92 Å². The van der Waals surface area contributed by atoms with Crippen molar-refractivity contribution in [3.8, 4) is 11.5 Å². The summed E-state index contributed by atoms with van der Waals surface area (Å²) in [4.78, 5) is 26.1. The molecule has 1 aromatic heterocycles. The molecule has 0 saturated heterocycles. The number of hydrogen-bond donors (Lipinski definition) is 0. The summed E-state index contributed by atoms with van der Waals surface area (Å²) in [6.45, 7) is 1.94. The molecule has 5 nitrogen and oxygen atoms in total. The minimum absolute atomic E-state index is 0.118. The molecule has 0 N–H and O–H groups in total. The maximum absolute atomic E-state index is 13.2. The number of methoxy groups -OCH3 is 2. The van der Waals surface area contributed by atoms with Crippen molar-refractivity contribution in [2.75, 3.05) is 14.2 Å². The molecule has 0 saturated carbocycles. The van der Waals surface area contributed by atoms with Crippen LogP contribution < -0.4 is 9.47 Å². The Bertz CT molecular complexity index is 1250. The van der Waals surface area contributed by atoms with Crippen LogP contribution in [0.25, 0.3) is 11.0 Å². The van der Waals surface area contributed by atoms with Crippen molar-refractivity contribution < 1.29 is 23.5 Å². The van der Waals surface area contributed by atoms with Gasteiger partial charge in [-0.05, 0) is 60.7 Å². The van der Waals surface area contributed by atoms with Gasteiger partial charge in [-0.15, -0.1) is 0 Å². The first-order chi connectivity index (χ1) is 15.0. The molecule has 0 spiro atoms. The summed E-state index contributed by atoms with van der Waals surface area (Å²) in [6, 6.07) is 19.2. The lowest BCUT2D eigenvalue weighted by Gasteiger charge is -2.05. The van der Waals surface area contributed by atoms with Crippen molar-refractivity contribution in [2.45, 2.75) is 13.3 Å². The smallest absolute Gasteiger partial charge is 0.197 e. The number of ether oxygens (including phenoxy) is 2. The average Bonchev–Trinajstić information content (AvgIpc) is 3.21. The Morgan fingerprint density at radius 1 is 0.742 bits per heavy atom. The fraction of sp³-hybridized carbons (Fsp3) is 0.154. The summed E-state index contributed by atoms with van der Waals surface area (Å²) in [5.41, 5.74) is 2.66. The van der Waals surface area contributed by atoms with E-state index < -0.39 is 0 Å². The van der Waals surface area contributed by atoms with Crippen LogP contribution in [0.1, 0.15) is 44.5 Å². The number of furan rings is 1. The number of carbonyl (C=O) groups excluding carboxylic acids is 2. The number of rotatable bonds is 7. The van der Waals surface area contributed by atoms with Gasteiger partial charge in [0.2, 0.25) is 0 Å². The Balaban J connectivity index is 1.72. The lowest BCUT2D eigenvalue weighted by molar-refractivity contribution is 0.103. The van der Waals surface area contributed by atoms with Gasteiger partial charge in [-0.3, -0.25) is 9.59 Å². The van der Waals surface area contributed by atoms with E-state index in [1.54, 1.807) is 80.9 Å². The third-order valence-corrected chi connectivity index (χ3v) is 5.28. The summed E-state index contributed by atoms with van der Waals surface area (Å²) < 4.78 is 16.3. The lowest BCUT2D eigenvalue weighted by Crippen LogP contribution is -2.04. The highest BCUT2D eigenvalue weighted by molar-refractivity contribution is 6.18. The van der Waals surface area contributed by atoms with Crippen LogP contribution in [0.5, 0.6) is 11.5 Å². The monoisotopic (exact) mass is 414 g/mol. The molecular formula is C26H22O5. The highest BCUT2D eigenvalue weighted by Gasteiger charge is 2.22. The second kappa shape index (κ2) is 8.48. The Kier molecular flexibility index (Phi) is 5.58. The van der Waals surface area contributed by atoms with Gasteiger partial charge in [-0.1, -0.05) is 13.0 Å². The Hall–Kier alpha value is -3.86. The summed E-state index contributed by atoms with van der Waals surface area (Å²) in [7, 11) is 3.16. The molecule has 0 radical (unpaired) electrons. The minimum atomic E-state index is -0.123. The second-order valence-corrected chi connectivity index (χ2v) is 7.08. The van der Waals surface area contributed by atoms with E-state index in [9.17, 15) is 9.59 Å². The first-order valence-corrected chi connectivity index (χ1v) is 9.98. The number of hydrogen-bond acceptors (Lipinski definition) is 5. The Morgan fingerprint density at radius 2 is 1.26 bits per heavy atom. The van der Waals surface area contributed by atoms with E-state index in [0.717, 1.165) is 0 Å². The minimum Gasteiger partial charge on any atom is -0.497 e. The number of carbonyl (C=O) groups is 2. The largest absolute Gasteiger partial charge is 0.497 e. The molecule has 1 heterocycles. The number of ketones is 2. The molecule has 0 aliphatic rings. The van der Waals surface area contributed by atoms with Gasteiger partial charge in [-0.25, -0.2) is 0 Å². The first-order valence-electron chi connectivity index (χ1n) is 9.98. The fourth-order valence-corrected chi connectivity index (χ4v) is 3.58. The van der Waals surface area contributed by atoms with Gasteiger partial charge < -0.3 is 13.9 Å². The van der Waals surface area contributed by atoms with Crippen LogP contribution in [-0.4, -0.2) is 25.8 Å². The predicted molar refractivity (Wildman–Crippen MR) is 118 cm³/mol. The van der Waals surface area contributed by atoms with Gasteiger partial charge in [0.05, 0.1) is 19.8 Å². The van der Waals surface area contributed by atoms with Gasteiger partial charge in [0.15, 0.2) is 11.6 Å². The third-order valence-electron chi connectivity index (χ3n) is 5.28. The average molecular weight is 414 g/mol.